The number of tetrazole rings is 1. The maximum atomic E-state index is 4.27. The van der Waals surface area contributed by atoms with Crippen LogP contribution in [0.25, 0.3) is 0 Å². The molecule has 4 nitrogen and oxygen atoms in total. The Balaban J connectivity index is 2.31. The molecule has 0 aromatic carbocycles. The molecule has 0 N–H and O–H groups in total. The lowest BCUT2D eigenvalue weighted by molar-refractivity contribution is 0.484. The average molecular weight is 182 g/mol. The van der Waals surface area contributed by atoms with Crippen LogP contribution in [0.5, 0.6) is 0 Å². The van der Waals surface area contributed by atoms with E-state index in [1.54, 1.807) is 4.80 Å². The van der Waals surface area contributed by atoms with Crippen LogP contribution in [0.3, 0.4) is 0 Å². The van der Waals surface area contributed by atoms with Gasteiger partial charge in [-0.3, -0.25) is 0 Å². The Bertz CT molecular complexity index is 231. The molecule has 0 saturated heterocycles. The minimum Gasteiger partial charge on any atom is -0.164 e. The quantitative estimate of drug-likeness (QED) is 0.630. The van der Waals surface area contributed by atoms with Gasteiger partial charge in [0.25, 0.3) is 0 Å². The number of unbranched alkanes of at least 4 members (excludes halogenated alkanes) is 2. The molecule has 0 saturated carbocycles. The van der Waals surface area contributed by atoms with E-state index in [9.17, 15) is 0 Å². The second kappa shape index (κ2) is 5.67. The molecule has 1 rings (SSSR count). The van der Waals surface area contributed by atoms with E-state index >= 15 is 0 Å². The van der Waals surface area contributed by atoms with E-state index < -0.39 is 0 Å². The summed E-state index contributed by atoms with van der Waals surface area (Å²) in [4.78, 5) is 1.71. The summed E-state index contributed by atoms with van der Waals surface area (Å²) in [6.07, 6.45) is 5.65. The highest BCUT2D eigenvalue weighted by atomic mass is 15.6. The van der Waals surface area contributed by atoms with Crippen molar-refractivity contribution in [3.05, 3.63) is 5.82 Å². The molecule has 1 aromatic rings. The summed E-state index contributed by atoms with van der Waals surface area (Å²) in [7, 11) is 0. The van der Waals surface area contributed by atoms with E-state index in [0.29, 0.717) is 0 Å². The van der Waals surface area contributed by atoms with Crippen molar-refractivity contribution in [3.8, 4) is 0 Å². The molecule has 0 aliphatic rings. The van der Waals surface area contributed by atoms with Gasteiger partial charge in [-0.1, -0.05) is 26.7 Å². The smallest absolute Gasteiger partial charge is 0.164 e. The van der Waals surface area contributed by atoms with Crippen LogP contribution in [0.1, 0.15) is 45.4 Å². The Morgan fingerprint density at radius 2 is 2.00 bits per heavy atom. The number of hydrogen-bond donors (Lipinski definition) is 0. The topological polar surface area (TPSA) is 43.6 Å². The molecule has 0 aliphatic heterocycles. The number of nitrogens with zero attached hydrogens (tertiary/aromatic N) is 4. The molecular formula is C9H18N4. The highest BCUT2D eigenvalue weighted by Crippen LogP contribution is 1.97. The van der Waals surface area contributed by atoms with Gasteiger partial charge in [0.05, 0.1) is 6.54 Å². The summed E-state index contributed by atoms with van der Waals surface area (Å²) >= 11 is 0. The van der Waals surface area contributed by atoms with E-state index in [2.05, 4.69) is 29.3 Å². The van der Waals surface area contributed by atoms with Crippen molar-refractivity contribution in [1.82, 2.24) is 20.2 Å². The van der Waals surface area contributed by atoms with Crippen molar-refractivity contribution in [2.75, 3.05) is 0 Å². The standard InChI is InChI=1S/C9H18N4/c1-3-5-6-8-13-11-9(7-4-2)10-12-13/h3-8H2,1-2H3. The van der Waals surface area contributed by atoms with Crippen molar-refractivity contribution in [3.63, 3.8) is 0 Å². The van der Waals surface area contributed by atoms with Gasteiger partial charge in [-0.25, -0.2) is 0 Å². The predicted octanol–water partition coefficient (Wildman–Crippen LogP) is 1.82. The molecule has 0 fully saturated rings. The normalized spacial score (nSPS) is 10.6. The van der Waals surface area contributed by atoms with E-state index in [4.69, 9.17) is 0 Å². The molecule has 1 heterocycles. The van der Waals surface area contributed by atoms with Crippen LogP contribution < -0.4 is 0 Å². The third kappa shape index (κ3) is 3.53. The summed E-state index contributed by atoms with van der Waals surface area (Å²) in [6, 6.07) is 0. The fraction of sp³-hybridized carbons (Fsp3) is 0.889. The summed E-state index contributed by atoms with van der Waals surface area (Å²) in [5, 5.41) is 12.2. The molecule has 0 amide bonds. The summed E-state index contributed by atoms with van der Waals surface area (Å²) < 4.78 is 0. The van der Waals surface area contributed by atoms with Gasteiger partial charge < -0.3 is 0 Å². The van der Waals surface area contributed by atoms with Crippen LogP contribution in [0, 0.1) is 0 Å². The lowest BCUT2D eigenvalue weighted by Crippen LogP contribution is -2.02. The second-order valence-electron chi connectivity index (χ2n) is 3.26. The lowest BCUT2D eigenvalue weighted by atomic mass is 10.2. The largest absolute Gasteiger partial charge is 0.174 e. The van der Waals surface area contributed by atoms with Crippen LogP contribution in [-0.4, -0.2) is 20.2 Å². The number of hydrogen-bond acceptors (Lipinski definition) is 3. The van der Waals surface area contributed by atoms with Gasteiger partial charge in [0.2, 0.25) is 0 Å². The number of rotatable bonds is 6. The zero-order chi connectivity index (χ0) is 9.52. The first-order valence-electron chi connectivity index (χ1n) is 5.13. The van der Waals surface area contributed by atoms with E-state index in [-0.39, 0.29) is 0 Å². The van der Waals surface area contributed by atoms with Crippen LogP contribution in [0.2, 0.25) is 0 Å². The molecule has 0 aliphatic carbocycles. The van der Waals surface area contributed by atoms with E-state index in [0.717, 1.165) is 31.6 Å². The minimum atomic E-state index is 0.874. The minimum absolute atomic E-state index is 0.874. The third-order valence-corrected chi connectivity index (χ3v) is 1.93. The van der Waals surface area contributed by atoms with Crippen LogP contribution >= 0.6 is 0 Å². The Labute approximate surface area is 79.3 Å². The molecule has 0 unspecified atom stereocenters. The molecule has 0 bridgehead atoms. The highest BCUT2D eigenvalue weighted by Gasteiger charge is 1.99. The van der Waals surface area contributed by atoms with Gasteiger partial charge in [0.1, 0.15) is 0 Å². The maximum Gasteiger partial charge on any atom is 0.174 e. The second-order valence-corrected chi connectivity index (χ2v) is 3.26. The van der Waals surface area contributed by atoms with E-state index in [1.165, 1.54) is 12.8 Å². The van der Waals surface area contributed by atoms with Gasteiger partial charge >= 0.3 is 0 Å². The van der Waals surface area contributed by atoms with Gasteiger partial charge in [-0.2, -0.15) is 4.80 Å². The molecule has 13 heavy (non-hydrogen) atoms. The maximum absolute atomic E-state index is 4.27. The van der Waals surface area contributed by atoms with Crippen molar-refractivity contribution < 1.29 is 0 Å². The molecule has 4 heteroatoms. The number of aryl methyl sites for hydroxylation is 2. The van der Waals surface area contributed by atoms with Crippen LogP contribution in [0.4, 0.5) is 0 Å². The summed E-state index contributed by atoms with van der Waals surface area (Å²) in [6.45, 7) is 5.22. The first-order chi connectivity index (χ1) is 6.36. The van der Waals surface area contributed by atoms with Crippen molar-refractivity contribution >= 4 is 0 Å². The van der Waals surface area contributed by atoms with Crippen molar-refractivity contribution in [2.45, 2.75) is 52.5 Å². The SMILES string of the molecule is CCCCCn1nnc(CCC)n1. The lowest BCUT2D eigenvalue weighted by Gasteiger charge is -1.95. The first kappa shape index (κ1) is 10.2. The fourth-order valence-electron chi connectivity index (χ4n) is 1.20. The molecule has 74 valence electrons. The fourth-order valence-corrected chi connectivity index (χ4v) is 1.20. The van der Waals surface area contributed by atoms with Gasteiger partial charge in [-0.05, 0) is 18.1 Å². The van der Waals surface area contributed by atoms with Gasteiger partial charge in [0, 0.05) is 6.42 Å². The zero-order valence-electron chi connectivity index (χ0n) is 8.53. The monoisotopic (exact) mass is 182 g/mol. The predicted molar refractivity (Wildman–Crippen MR) is 51.3 cm³/mol. The van der Waals surface area contributed by atoms with E-state index in [1.807, 2.05) is 0 Å². The van der Waals surface area contributed by atoms with Crippen LogP contribution in [-0.2, 0) is 13.0 Å². The molecule has 0 spiro atoms. The molecule has 0 atom stereocenters. The number of aromatic nitrogens is 4. The Hall–Kier alpha value is -0.930. The Kier molecular flexibility index (Phi) is 4.43. The van der Waals surface area contributed by atoms with Crippen molar-refractivity contribution in [2.24, 2.45) is 0 Å². The van der Waals surface area contributed by atoms with Crippen molar-refractivity contribution in [1.29, 1.82) is 0 Å². The molecular weight excluding hydrogens is 164 g/mol. The van der Waals surface area contributed by atoms with Gasteiger partial charge in [-0.15, -0.1) is 10.2 Å². The van der Waals surface area contributed by atoms with Crippen LogP contribution in [0.15, 0.2) is 0 Å². The summed E-state index contributed by atoms with van der Waals surface area (Å²) in [5.74, 6) is 0.874. The zero-order valence-corrected chi connectivity index (χ0v) is 8.53. The Morgan fingerprint density at radius 1 is 1.15 bits per heavy atom. The Morgan fingerprint density at radius 3 is 2.69 bits per heavy atom. The van der Waals surface area contributed by atoms with Gasteiger partial charge in [0.15, 0.2) is 5.82 Å². The molecule has 1 aromatic heterocycles. The summed E-state index contributed by atoms with van der Waals surface area (Å²) in [5.41, 5.74) is 0. The highest BCUT2D eigenvalue weighted by molar-refractivity contribution is 4.75. The first-order valence-corrected chi connectivity index (χ1v) is 5.13. The molecule has 0 radical (unpaired) electrons. The average Bonchev–Trinajstić information content (AvgIpc) is 2.54. The third-order valence-electron chi connectivity index (χ3n) is 1.93.